The summed E-state index contributed by atoms with van der Waals surface area (Å²) in [5.74, 6) is 1.31. The third-order valence-corrected chi connectivity index (χ3v) is 7.05. The molecule has 0 saturated heterocycles. The predicted molar refractivity (Wildman–Crippen MR) is 107 cm³/mol. The van der Waals surface area contributed by atoms with Crippen LogP contribution in [0.2, 0.25) is 0 Å². The second-order valence-electron chi connectivity index (χ2n) is 6.34. The van der Waals surface area contributed by atoms with E-state index in [4.69, 9.17) is 13.9 Å². The second-order valence-corrected chi connectivity index (χ2v) is 9.79. The third-order valence-electron chi connectivity index (χ3n) is 4.26. The minimum atomic E-state index is -3.90. The number of ether oxygens (including phenoxy) is 2. The van der Waals surface area contributed by atoms with Crippen LogP contribution in [0.3, 0.4) is 0 Å². The number of fused-ring (bicyclic) bond motifs is 1. The van der Waals surface area contributed by atoms with Crippen LogP contribution in [0.5, 0.6) is 11.5 Å². The van der Waals surface area contributed by atoms with Gasteiger partial charge in [0.05, 0.1) is 22.6 Å². The molecule has 0 unspecified atom stereocenters. The number of hydrogen-bond acceptors (Lipinski definition) is 7. The molecule has 2 heterocycles. The Bertz CT molecular complexity index is 1240. The SMILES string of the molecule is O=S(=O)(NCc1ccco1)c1ccc(NS(=O)(=O)c2ccc3c(c2)OCCO3)cc1. The molecular weight excluding hydrogens is 432 g/mol. The van der Waals surface area contributed by atoms with Crippen molar-refractivity contribution in [1.29, 1.82) is 0 Å². The highest BCUT2D eigenvalue weighted by Gasteiger charge is 2.20. The second kappa shape index (κ2) is 8.01. The van der Waals surface area contributed by atoms with Crippen LogP contribution < -0.4 is 18.9 Å². The molecule has 9 nitrogen and oxygen atoms in total. The van der Waals surface area contributed by atoms with Crippen molar-refractivity contribution in [2.24, 2.45) is 0 Å². The van der Waals surface area contributed by atoms with Crippen molar-refractivity contribution in [3.8, 4) is 11.5 Å². The Kier molecular flexibility index (Phi) is 5.41. The molecule has 3 aromatic rings. The van der Waals surface area contributed by atoms with E-state index in [1.165, 1.54) is 48.7 Å². The van der Waals surface area contributed by atoms with Crippen LogP contribution in [0.25, 0.3) is 0 Å². The van der Waals surface area contributed by atoms with E-state index < -0.39 is 20.0 Å². The first kappa shape index (κ1) is 20.3. The molecule has 0 saturated carbocycles. The van der Waals surface area contributed by atoms with Crippen LogP contribution >= 0.6 is 0 Å². The number of rotatable bonds is 7. The first-order chi connectivity index (χ1) is 14.3. The first-order valence-corrected chi connectivity index (χ1v) is 11.8. The lowest BCUT2D eigenvalue weighted by Crippen LogP contribution is -2.23. The molecule has 11 heteroatoms. The van der Waals surface area contributed by atoms with Crippen molar-refractivity contribution in [2.45, 2.75) is 16.3 Å². The van der Waals surface area contributed by atoms with Crippen LogP contribution in [-0.4, -0.2) is 30.0 Å². The molecule has 0 amide bonds. The fourth-order valence-corrected chi connectivity index (χ4v) is 4.84. The lowest BCUT2D eigenvalue weighted by Gasteiger charge is -2.19. The van der Waals surface area contributed by atoms with Crippen LogP contribution in [0, 0.1) is 0 Å². The average Bonchev–Trinajstić information content (AvgIpc) is 3.26. The number of sulfonamides is 2. The number of furan rings is 1. The minimum Gasteiger partial charge on any atom is -0.486 e. The van der Waals surface area contributed by atoms with Crippen LogP contribution in [0.1, 0.15) is 5.76 Å². The summed E-state index contributed by atoms with van der Waals surface area (Å²) < 4.78 is 70.8. The molecule has 1 aliphatic rings. The van der Waals surface area contributed by atoms with Gasteiger partial charge < -0.3 is 13.9 Å². The Labute approximate surface area is 173 Å². The molecule has 0 spiro atoms. The summed E-state index contributed by atoms with van der Waals surface area (Å²) in [6.45, 7) is 0.755. The highest BCUT2D eigenvalue weighted by Crippen LogP contribution is 2.32. The zero-order valence-corrected chi connectivity index (χ0v) is 17.2. The fraction of sp³-hybridized carbons (Fsp3) is 0.158. The zero-order chi connectivity index (χ0) is 21.2. The topological polar surface area (TPSA) is 124 Å². The lowest BCUT2D eigenvalue weighted by atomic mass is 10.3. The molecule has 4 rings (SSSR count). The van der Waals surface area contributed by atoms with Gasteiger partial charge in [0.1, 0.15) is 19.0 Å². The van der Waals surface area contributed by atoms with Gasteiger partial charge in [-0.3, -0.25) is 4.72 Å². The van der Waals surface area contributed by atoms with Gasteiger partial charge in [-0.05, 0) is 48.5 Å². The maximum absolute atomic E-state index is 12.7. The number of benzene rings is 2. The van der Waals surface area contributed by atoms with Crippen molar-refractivity contribution < 1.29 is 30.7 Å². The van der Waals surface area contributed by atoms with Gasteiger partial charge in [0, 0.05) is 11.8 Å². The molecule has 2 aromatic carbocycles. The molecule has 0 atom stereocenters. The molecule has 0 fully saturated rings. The van der Waals surface area contributed by atoms with E-state index in [0.717, 1.165) is 0 Å². The predicted octanol–water partition coefficient (Wildman–Crippen LogP) is 2.33. The van der Waals surface area contributed by atoms with Crippen molar-refractivity contribution in [2.75, 3.05) is 17.9 Å². The van der Waals surface area contributed by atoms with Crippen LogP contribution in [-0.2, 0) is 26.6 Å². The van der Waals surface area contributed by atoms with E-state index >= 15 is 0 Å². The smallest absolute Gasteiger partial charge is 0.262 e. The summed E-state index contributed by atoms with van der Waals surface area (Å²) in [4.78, 5) is -0.0000961. The first-order valence-electron chi connectivity index (χ1n) is 8.88. The van der Waals surface area contributed by atoms with Gasteiger partial charge in [0.25, 0.3) is 10.0 Å². The van der Waals surface area contributed by atoms with Crippen molar-refractivity contribution in [3.63, 3.8) is 0 Å². The summed E-state index contributed by atoms with van der Waals surface area (Å²) in [7, 11) is -7.67. The summed E-state index contributed by atoms with van der Waals surface area (Å²) in [5, 5.41) is 0. The largest absolute Gasteiger partial charge is 0.486 e. The molecule has 1 aliphatic heterocycles. The van der Waals surface area contributed by atoms with Crippen molar-refractivity contribution >= 4 is 25.7 Å². The quantitative estimate of drug-likeness (QED) is 0.566. The maximum atomic E-state index is 12.7. The summed E-state index contributed by atoms with van der Waals surface area (Å²) in [6, 6.07) is 13.0. The summed E-state index contributed by atoms with van der Waals surface area (Å²) in [6.07, 6.45) is 1.45. The minimum absolute atomic E-state index is 0.00330. The fourth-order valence-electron chi connectivity index (χ4n) is 2.77. The molecule has 0 radical (unpaired) electrons. The molecule has 158 valence electrons. The molecule has 0 aliphatic carbocycles. The average molecular weight is 450 g/mol. The van der Waals surface area contributed by atoms with Gasteiger partial charge in [0.2, 0.25) is 10.0 Å². The Morgan fingerprint density at radius 2 is 1.50 bits per heavy atom. The number of nitrogens with one attached hydrogen (secondary N) is 2. The van der Waals surface area contributed by atoms with Crippen molar-refractivity contribution in [3.05, 3.63) is 66.6 Å². The normalized spacial score (nSPS) is 13.7. The van der Waals surface area contributed by atoms with Gasteiger partial charge in [0.15, 0.2) is 11.5 Å². The van der Waals surface area contributed by atoms with Gasteiger partial charge in [-0.2, -0.15) is 0 Å². The standard InChI is InChI=1S/C19H18N2O7S2/c22-29(23,20-13-15-2-1-9-26-15)16-5-3-14(4-6-16)21-30(24,25)17-7-8-18-19(12-17)28-11-10-27-18/h1-9,12,20-21H,10-11,13H2. The van der Waals surface area contributed by atoms with Crippen molar-refractivity contribution in [1.82, 2.24) is 4.72 Å². The molecule has 0 bridgehead atoms. The maximum Gasteiger partial charge on any atom is 0.262 e. The summed E-state index contributed by atoms with van der Waals surface area (Å²) in [5.41, 5.74) is 0.217. The lowest BCUT2D eigenvalue weighted by molar-refractivity contribution is 0.171. The highest BCUT2D eigenvalue weighted by atomic mass is 32.2. The molecule has 30 heavy (non-hydrogen) atoms. The summed E-state index contributed by atoms with van der Waals surface area (Å²) >= 11 is 0. The van der Waals surface area contributed by atoms with Crippen LogP contribution in [0.4, 0.5) is 5.69 Å². The third kappa shape index (κ3) is 4.42. The van der Waals surface area contributed by atoms with E-state index in [-0.39, 0.29) is 22.0 Å². The van der Waals surface area contributed by atoms with E-state index in [9.17, 15) is 16.8 Å². The van der Waals surface area contributed by atoms with Gasteiger partial charge in [-0.1, -0.05) is 0 Å². The number of hydrogen-bond donors (Lipinski definition) is 2. The van der Waals surface area contributed by atoms with Crippen LogP contribution in [0.15, 0.2) is 75.1 Å². The highest BCUT2D eigenvalue weighted by molar-refractivity contribution is 7.92. The Morgan fingerprint density at radius 1 is 0.800 bits per heavy atom. The Morgan fingerprint density at radius 3 is 2.20 bits per heavy atom. The van der Waals surface area contributed by atoms with E-state index in [0.29, 0.717) is 30.5 Å². The van der Waals surface area contributed by atoms with E-state index in [2.05, 4.69) is 9.44 Å². The van der Waals surface area contributed by atoms with E-state index in [1.807, 2.05) is 0 Å². The zero-order valence-electron chi connectivity index (χ0n) is 15.6. The monoisotopic (exact) mass is 450 g/mol. The molecular formula is C19H18N2O7S2. The van der Waals surface area contributed by atoms with Gasteiger partial charge in [-0.15, -0.1) is 0 Å². The molecule has 2 N–H and O–H groups in total. The Balaban J connectivity index is 1.47. The van der Waals surface area contributed by atoms with Gasteiger partial charge >= 0.3 is 0 Å². The van der Waals surface area contributed by atoms with Gasteiger partial charge in [-0.25, -0.2) is 21.6 Å². The van der Waals surface area contributed by atoms with E-state index in [1.54, 1.807) is 12.1 Å². The Hall–Kier alpha value is -3.02. The number of anilines is 1. The molecule has 1 aromatic heterocycles.